The van der Waals surface area contributed by atoms with Crippen LogP contribution >= 0.6 is 0 Å². The Morgan fingerprint density at radius 1 is 0.833 bits per heavy atom. The van der Waals surface area contributed by atoms with Gasteiger partial charge in [0, 0.05) is 18.2 Å². The molecule has 4 nitrogen and oxygen atoms in total. The lowest BCUT2D eigenvalue weighted by atomic mass is 9.82. The number of rotatable bonds is 8. The summed E-state index contributed by atoms with van der Waals surface area (Å²) >= 11 is 0. The molecular weight excluding hydrogens is 469 g/mol. The first-order valence-corrected chi connectivity index (χ1v) is 12.3. The fourth-order valence-corrected chi connectivity index (χ4v) is 4.66. The van der Waals surface area contributed by atoms with Crippen LogP contribution in [0.4, 0.5) is 13.2 Å². The monoisotopic (exact) mass is 498 g/mol. The summed E-state index contributed by atoms with van der Waals surface area (Å²) in [6, 6.07) is 13.4. The molecule has 36 heavy (non-hydrogen) atoms. The van der Waals surface area contributed by atoms with Crippen molar-refractivity contribution in [2.45, 2.75) is 51.6 Å². The predicted molar refractivity (Wildman–Crippen MR) is 131 cm³/mol. The van der Waals surface area contributed by atoms with Gasteiger partial charge >= 0.3 is 5.97 Å². The lowest BCUT2D eigenvalue weighted by Gasteiger charge is -2.29. The highest BCUT2D eigenvalue weighted by Crippen LogP contribution is 2.36. The summed E-state index contributed by atoms with van der Waals surface area (Å²) in [6.45, 7) is 4.82. The molecule has 3 aromatic carbocycles. The van der Waals surface area contributed by atoms with Crippen molar-refractivity contribution in [2.75, 3.05) is 13.2 Å². The quantitative estimate of drug-likeness (QED) is 0.239. The van der Waals surface area contributed by atoms with Crippen molar-refractivity contribution in [3.05, 3.63) is 83.2 Å². The van der Waals surface area contributed by atoms with E-state index in [1.165, 1.54) is 30.3 Å². The van der Waals surface area contributed by atoms with E-state index in [4.69, 9.17) is 14.2 Å². The van der Waals surface area contributed by atoms with Gasteiger partial charge in [0.1, 0.15) is 17.3 Å². The Kier molecular flexibility index (Phi) is 8.31. The van der Waals surface area contributed by atoms with Gasteiger partial charge in [-0.15, -0.1) is 0 Å². The first-order valence-electron chi connectivity index (χ1n) is 12.3. The van der Waals surface area contributed by atoms with Gasteiger partial charge in [-0.1, -0.05) is 18.2 Å². The number of hydrogen-bond donors (Lipinski definition) is 0. The van der Waals surface area contributed by atoms with Crippen molar-refractivity contribution < 1.29 is 32.2 Å². The van der Waals surface area contributed by atoms with Crippen molar-refractivity contribution >= 4 is 5.97 Å². The SMILES string of the molecule is CCOc1ccc(-c2ccc(OC(=O)c3ccc(C4CCC(OCC)CC4)c(F)c3F)cc2)c(F)c1. The fraction of sp³-hybridized carbons (Fsp3) is 0.345. The molecule has 0 saturated heterocycles. The molecule has 0 bridgehead atoms. The van der Waals surface area contributed by atoms with Crippen molar-refractivity contribution in [1.82, 2.24) is 0 Å². The van der Waals surface area contributed by atoms with Crippen LogP contribution in [0.25, 0.3) is 11.1 Å². The topological polar surface area (TPSA) is 44.8 Å². The van der Waals surface area contributed by atoms with Crippen molar-refractivity contribution in [2.24, 2.45) is 0 Å². The van der Waals surface area contributed by atoms with Crippen LogP contribution in [0, 0.1) is 17.5 Å². The third-order valence-corrected chi connectivity index (χ3v) is 6.48. The van der Waals surface area contributed by atoms with Crippen LogP contribution in [0.1, 0.15) is 61.4 Å². The van der Waals surface area contributed by atoms with Crippen LogP contribution in [-0.4, -0.2) is 25.3 Å². The molecule has 1 aliphatic carbocycles. The third-order valence-electron chi connectivity index (χ3n) is 6.48. The molecule has 0 unspecified atom stereocenters. The lowest BCUT2D eigenvalue weighted by Crippen LogP contribution is -2.22. The summed E-state index contributed by atoms with van der Waals surface area (Å²) in [5.74, 6) is -3.22. The second-order valence-electron chi connectivity index (χ2n) is 8.75. The van der Waals surface area contributed by atoms with E-state index < -0.39 is 29.0 Å². The highest BCUT2D eigenvalue weighted by atomic mass is 19.2. The Labute approximate surface area is 209 Å². The van der Waals surface area contributed by atoms with Crippen molar-refractivity contribution in [3.63, 3.8) is 0 Å². The van der Waals surface area contributed by atoms with E-state index in [-0.39, 0.29) is 23.3 Å². The first kappa shape index (κ1) is 25.8. The molecule has 0 amide bonds. The standard InChI is InChI=1S/C29H29F3O4/c1-3-34-20-9-5-19(6-10-20)24-15-16-25(28(32)27(24)31)29(33)36-21-11-7-18(8-12-21)23-14-13-22(35-4-2)17-26(23)30/h7-8,11-17,19-20H,3-6,9-10H2,1-2H3. The highest BCUT2D eigenvalue weighted by Gasteiger charge is 2.28. The molecule has 0 spiro atoms. The second-order valence-corrected chi connectivity index (χ2v) is 8.75. The molecule has 0 heterocycles. The molecule has 0 atom stereocenters. The molecule has 0 N–H and O–H groups in total. The van der Waals surface area contributed by atoms with E-state index in [1.54, 1.807) is 24.3 Å². The molecule has 1 aliphatic rings. The smallest absolute Gasteiger partial charge is 0.346 e. The number of ether oxygens (including phenoxy) is 3. The Bertz CT molecular complexity index is 1200. The van der Waals surface area contributed by atoms with Gasteiger partial charge in [-0.3, -0.25) is 0 Å². The average molecular weight is 499 g/mol. The minimum absolute atomic E-state index is 0.114. The zero-order valence-corrected chi connectivity index (χ0v) is 20.4. The molecule has 0 radical (unpaired) electrons. The third kappa shape index (κ3) is 5.73. The number of carbonyl (C=O) groups excluding carboxylic acids is 1. The van der Waals surface area contributed by atoms with Gasteiger partial charge in [0.25, 0.3) is 0 Å². The average Bonchev–Trinajstić information content (AvgIpc) is 2.87. The van der Waals surface area contributed by atoms with Crippen LogP contribution in [0.3, 0.4) is 0 Å². The normalized spacial score (nSPS) is 17.6. The van der Waals surface area contributed by atoms with E-state index in [0.29, 0.717) is 42.9 Å². The number of carbonyl (C=O) groups is 1. The molecule has 0 aliphatic heterocycles. The van der Waals surface area contributed by atoms with Crippen LogP contribution in [0.5, 0.6) is 11.5 Å². The number of hydrogen-bond acceptors (Lipinski definition) is 4. The van der Waals surface area contributed by atoms with Crippen molar-refractivity contribution in [1.29, 1.82) is 0 Å². The molecule has 1 saturated carbocycles. The minimum Gasteiger partial charge on any atom is -0.494 e. The zero-order valence-electron chi connectivity index (χ0n) is 20.4. The molecule has 0 aromatic heterocycles. The van der Waals surface area contributed by atoms with Gasteiger partial charge in [-0.2, -0.15) is 0 Å². The summed E-state index contributed by atoms with van der Waals surface area (Å²) in [5.41, 5.74) is 0.730. The summed E-state index contributed by atoms with van der Waals surface area (Å²) in [7, 11) is 0. The van der Waals surface area contributed by atoms with E-state index in [1.807, 2.05) is 13.8 Å². The Hall–Kier alpha value is -3.32. The highest BCUT2D eigenvalue weighted by molar-refractivity contribution is 5.91. The van der Waals surface area contributed by atoms with Crippen LogP contribution in [-0.2, 0) is 4.74 Å². The van der Waals surface area contributed by atoms with Crippen LogP contribution in [0.15, 0.2) is 54.6 Å². The van der Waals surface area contributed by atoms with E-state index >= 15 is 0 Å². The predicted octanol–water partition coefficient (Wildman–Crippen LogP) is 7.45. The number of benzene rings is 3. The summed E-state index contributed by atoms with van der Waals surface area (Å²) in [4.78, 5) is 12.6. The fourth-order valence-electron chi connectivity index (χ4n) is 4.66. The first-order chi connectivity index (χ1) is 17.4. The van der Waals surface area contributed by atoms with Crippen LogP contribution in [0.2, 0.25) is 0 Å². The van der Waals surface area contributed by atoms with Gasteiger partial charge in [-0.25, -0.2) is 18.0 Å². The van der Waals surface area contributed by atoms with Gasteiger partial charge in [0.05, 0.1) is 18.3 Å². The maximum atomic E-state index is 14.9. The Morgan fingerprint density at radius 3 is 2.17 bits per heavy atom. The number of halogens is 3. The lowest BCUT2D eigenvalue weighted by molar-refractivity contribution is 0.0325. The maximum absolute atomic E-state index is 14.9. The van der Waals surface area contributed by atoms with Crippen LogP contribution < -0.4 is 9.47 Å². The van der Waals surface area contributed by atoms with E-state index in [2.05, 4.69) is 0 Å². The second kappa shape index (κ2) is 11.6. The minimum atomic E-state index is -1.21. The molecule has 1 fully saturated rings. The largest absolute Gasteiger partial charge is 0.494 e. The molecule has 190 valence electrons. The summed E-state index contributed by atoms with van der Waals surface area (Å²) in [5, 5.41) is 0. The van der Waals surface area contributed by atoms with Gasteiger partial charge in [-0.05, 0) is 86.9 Å². The summed E-state index contributed by atoms with van der Waals surface area (Å²) in [6.07, 6.45) is 3.14. The van der Waals surface area contributed by atoms with Gasteiger partial charge in [0.2, 0.25) is 0 Å². The zero-order chi connectivity index (χ0) is 25.7. The molecular formula is C29H29F3O4. The van der Waals surface area contributed by atoms with Gasteiger partial charge in [0.15, 0.2) is 11.6 Å². The molecule has 3 aromatic rings. The van der Waals surface area contributed by atoms with Crippen molar-refractivity contribution in [3.8, 4) is 22.6 Å². The number of esters is 1. The summed E-state index contributed by atoms with van der Waals surface area (Å²) < 4.78 is 60.3. The Morgan fingerprint density at radius 2 is 1.53 bits per heavy atom. The van der Waals surface area contributed by atoms with E-state index in [0.717, 1.165) is 12.8 Å². The Balaban J connectivity index is 1.44. The van der Waals surface area contributed by atoms with Gasteiger partial charge < -0.3 is 14.2 Å². The molecule has 4 rings (SSSR count). The van der Waals surface area contributed by atoms with E-state index in [9.17, 15) is 18.0 Å². The molecule has 7 heteroatoms. The maximum Gasteiger partial charge on any atom is 0.346 e.